The third-order valence-corrected chi connectivity index (χ3v) is 28.4. The van der Waals surface area contributed by atoms with Crippen LogP contribution in [0.25, 0.3) is 175 Å². The largest absolute Gasteiger partial charge is 0.310 e. The molecule has 0 aliphatic heterocycles. The van der Waals surface area contributed by atoms with E-state index in [1.165, 1.54) is 187 Å². The van der Waals surface area contributed by atoms with Crippen molar-refractivity contribution in [1.82, 2.24) is 9.97 Å². The molecule has 0 N–H and O–H groups in total. The Bertz CT molecular complexity index is 7900. The lowest BCUT2D eigenvalue weighted by Crippen LogP contribution is -2.16. The molecule has 2 aromatic heterocycles. The quantitative estimate of drug-likeness (QED) is 0.121. The van der Waals surface area contributed by atoms with E-state index in [4.69, 9.17) is 0 Å². The van der Waals surface area contributed by atoms with Crippen molar-refractivity contribution in [3.8, 4) is 77.9 Å². The number of fused-ring (bicyclic) bond motifs is 10. The molecular formula is C128H100N4. The average molecular weight is 1690 g/mol. The Morgan fingerprint density at radius 2 is 0.485 bits per heavy atom. The van der Waals surface area contributed by atoms with Gasteiger partial charge in [0.1, 0.15) is 0 Å². The van der Waals surface area contributed by atoms with Crippen LogP contribution in [-0.2, 0) is 21.7 Å². The first kappa shape index (κ1) is 80.9. The molecule has 0 spiro atoms. The molecule has 2 aliphatic rings. The molecule has 0 amide bonds. The first-order valence-electron chi connectivity index (χ1n) is 46.4. The lowest BCUT2D eigenvalue weighted by molar-refractivity contribution is 0.591. The first-order chi connectivity index (χ1) is 64.2. The van der Waals surface area contributed by atoms with Gasteiger partial charge in [0.15, 0.2) is 0 Å². The van der Waals surface area contributed by atoms with Crippen molar-refractivity contribution >= 4 is 131 Å². The highest BCUT2D eigenvalue weighted by Gasteiger charge is 2.38. The van der Waals surface area contributed by atoms with Crippen molar-refractivity contribution in [2.24, 2.45) is 0 Å². The monoisotopic (exact) mass is 1690 g/mol. The minimum absolute atomic E-state index is 0.0700. The van der Waals surface area contributed by atoms with Crippen LogP contribution in [0.1, 0.15) is 103 Å². The Labute approximate surface area is 772 Å². The van der Waals surface area contributed by atoms with Crippen LogP contribution in [0.2, 0.25) is 0 Å². The number of nitrogens with zero attached hydrogens (tertiary/aromatic N) is 4. The molecule has 0 saturated carbocycles. The highest BCUT2D eigenvalue weighted by Crippen LogP contribution is 2.54. The molecule has 0 atom stereocenters. The second-order valence-electron chi connectivity index (χ2n) is 39.2. The van der Waals surface area contributed by atoms with Gasteiger partial charge in [-0.1, -0.05) is 385 Å². The lowest BCUT2D eigenvalue weighted by Gasteiger charge is -2.28. The molecule has 132 heavy (non-hydrogen) atoms. The van der Waals surface area contributed by atoms with Gasteiger partial charge < -0.3 is 9.80 Å². The summed E-state index contributed by atoms with van der Waals surface area (Å²) in [5, 5.41) is 20.9. The lowest BCUT2D eigenvalue weighted by atomic mass is 9.82. The standard InChI is InChI=1S/C54H44N2.C50H40.C24H16N2/c1-53(2)49-21-13-11-19-45(49)47-33-31-43(35-51(47)53)55(39-15-7-5-8-16-39)41-27-23-37(24-28-41)38-25-29-42(30-26-38)56(40-17-9-6-10-18-40)44-32-34-48-46-20-12-14-22-50(46)54(3,4)52(48)36-44;1-49(2,3)39-25-35-13-7-29-15-19-41(43-21-17-37(27-39)45(35)47(29)43)33-11-9-32-24-34(12-10-31(32)23-33)42-20-16-30-8-14-36-26-40(50(4,5)6)28-38-18-22-44(42)48(30)46(36)38;1-3-7-17(8-4-1)19-13-15-25-23-21(19)11-12-22-20(14-16-26-24(22)23)18-9-5-2-6-10-18/h5-36H,1-4H3;7-28H,1-6H3;1-16H. The van der Waals surface area contributed by atoms with Crippen molar-refractivity contribution in [2.45, 2.75) is 90.9 Å². The van der Waals surface area contributed by atoms with Gasteiger partial charge in [-0.05, 0) is 295 Å². The normalized spacial score (nSPS) is 13.0. The Balaban J connectivity index is 0.000000119. The van der Waals surface area contributed by atoms with E-state index in [0.29, 0.717) is 0 Å². The van der Waals surface area contributed by atoms with Crippen molar-refractivity contribution in [1.29, 1.82) is 0 Å². The molecule has 0 fully saturated rings. The Morgan fingerprint density at radius 1 is 0.197 bits per heavy atom. The summed E-state index contributed by atoms with van der Waals surface area (Å²) >= 11 is 0. The zero-order chi connectivity index (χ0) is 89.5. The molecule has 2 heterocycles. The van der Waals surface area contributed by atoms with Gasteiger partial charge in [0, 0.05) is 68.1 Å². The maximum atomic E-state index is 4.67. The summed E-state index contributed by atoms with van der Waals surface area (Å²) < 4.78 is 0. The molecule has 0 saturated heterocycles. The summed E-state index contributed by atoms with van der Waals surface area (Å²) in [7, 11) is 0. The van der Waals surface area contributed by atoms with Crippen LogP contribution < -0.4 is 9.80 Å². The predicted octanol–water partition coefficient (Wildman–Crippen LogP) is 35.6. The fourth-order valence-corrected chi connectivity index (χ4v) is 21.5. The van der Waals surface area contributed by atoms with Crippen LogP contribution in [0.3, 0.4) is 0 Å². The van der Waals surface area contributed by atoms with Gasteiger partial charge in [-0.25, -0.2) is 0 Å². The summed E-state index contributed by atoms with van der Waals surface area (Å²) in [6.45, 7) is 23.2. The van der Waals surface area contributed by atoms with Gasteiger partial charge in [-0.15, -0.1) is 0 Å². The van der Waals surface area contributed by atoms with Gasteiger partial charge >= 0.3 is 0 Å². The van der Waals surface area contributed by atoms with Gasteiger partial charge in [0.2, 0.25) is 0 Å². The molecule has 21 aromatic carbocycles. The molecule has 25 rings (SSSR count). The smallest absolute Gasteiger partial charge is 0.0970 e. The molecule has 0 unspecified atom stereocenters. The SMILES string of the molecule is CC(C)(C)c1cc2ccc3ccc(-c4ccc5cc(-c6ccc7ccc8cc(C(C)(C)C)cc9ccc6c7c89)ccc5c4)c4ccc(c1)c2c34.CC1(C)c2ccccc2-c2ccc(N(c3ccccc3)c3ccc(-c4ccc(N(c5ccccc5)c5ccc6c(c5)C(C)(C)c5ccccc5-6)cc4)cc3)cc21.c1ccc(-c2ccnc3c2ccc2c(-c4ccccc4)ccnc23)cc1. The van der Waals surface area contributed by atoms with E-state index in [1.54, 1.807) is 0 Å². The second kappa shape index (κ2) is 31.7. The molecular weight excluding hydrogens is 1590 g/mol. The first-order valence-corrected chi connectivity index (χ1v) is 46.4. The van der Waals surface area contributed by atoms with Crippen LogP contribution in [0.5, 0.6) is 0 Å². The van der Waals surface area contributed by atoms with Gasteiger partial charge in [0.25, 0.3) is 0 Å². The zero-order valence-corrected chi connectivity index (χ0v) is 76.2. The van der Waals surface area contributed by atoms with E-state index < -0.39 is 0 Å². The highest BCUT2D eigenvalue weighted by atomic mass is 15.1. The topological polar surface area (TPSA) is 32.3 Å². The number of benzene rings is 21. The summed E-state index contributed by atoms with van der Waals surface area (Å²) in [5.74, 6) is 0. The van der Waals surface area contributed by atoms with E-state index in [-0.39, 0.29) is 21.7 Å². The molecule has 23 aromatic rings. The Hall–Kier alpha value is -15.6. The molecule has 4 heteroatoms. The molecule has 0 radical (unpaired) electrons. The summed E-state index contributed by atoms with van der Waals surface area (Å²) in [6.07, 6.45) is 3.75. The summed E-state index contributed by atoms with van der Waals surface area (Å²) in [5.41, 5.74) is 34.7. The van der Waals surface area contributed by atoms with Crippen LogP contribution in [-0.4, -0.2) is 9.97 Å². The van der Waals surface area contributed by atoms with E-state index in [0.717, 1.165) is 55.9 Å². The fraction of sp³-hybridized carbons (Fsp3) is 0.109. The van der Waals surface area contributed by atoms with Crippen LogP contribution in [0, 0.1) is 0 Å². The fourth-order valence-electron chi connectivity index (χ4n) is 21.5. The molecule has 632 valence electrons. The minimum Gasteiger partial charge on any atom is -0.310 e. The minimum atomic E-state index is -0.0700. The number of para-hydroxylation sites is 2. The van der Waals surface area contributed by atoms with Gasteiger partial charge in [0.05, 0.1) is 11.0 Å². The second-order valence-corrected chi connectivity index (χ2v) is 39.2. The maximum absolute atomic E-state index is 4.67. The van der Waals surface area contributed by atoms with Crippen molar-refractivity contribution in [3.63, 3.8) is 0 Å². The maximum Gasteiger partial charge on any atom is 0.0970 e. The zero-order valence-electron chi connectivity index (χ0n) is 76.2. The van der Waals surface area contributed by atoms with Crippen LogP contribution >= 0.6 is 0 Å². The summed E-state index contributed by atoms with van der Waals surface area (Å²) in [6, 6.07) is 152. The highest BCUT2D eigenvalue weighted by molar-refractivity contribution is 6.27. The number of anilines is 6. The van der Waals surface area contributed by atoms with Crippen molar-refractivity contribution in [3.05, 3.63) is 458 Å². The number of aromatic nitrogens is 2. The van der Waals surface area contributed by atoms with E-state index in [1.807, 2.05) is 24.5 Å². The van der Waals surface area contributed by atoms with Gasteiger partial charge in [-0.2, -0.15) is 0 Å². The number of hydrogen-bond donors (Lipinski definition) is 0. The average Bonchev–Trinajstić information content (AvgIpc) is 1.57. The predicted molar refractivity (Wildman–Crippen MR) is 564 cm³/mol. The Morgan fingerprint density at radius 3 is 0.871 bits per heavy atom. The van der Waals surface area contributed by atoms with Crippen LogP contribution in [0.15, 0.2) is 425 Å². The third-order valence-electron chi connectivity index (χ3n) is 28.4. The van der Waals surface area contributed by atoms with Gasteiger partial charge in [-0.3, -0.25) is 9.97 Å². The van der Waals surface area contributed by atoms with Crippen molar-refractivity contribution in [2.75, 3.05) is 9.80 Å². The van der Waals surface area contributed by atoms with Crippen molar-refractivity contribution < 1.29 is 0 Å². The third kappa shape index (κ3) is 13.9. The number of hydrogen-bond acceptors (Lipinski definition) is 4. The molecule has 0 bridgehead atoms. The number of pyridine rings is 2. The van der Waals surface area contributed by atoms with E-state index in [2.05, 4.69) is 489 Å². The van der Waals surface area contributed by atoms with E-state index >= 15 is 0 Å². The Kier molecular flexibility index (Phi) is 19.4. The number of rotatable bonds is 11. The van der Waals surface area contributed by atoms with Crippen LogP contribution in [0.4, 0.5) is 34.1 Å². The molecule has 4 nitrogen and oxygen atoms in total. The van der Waals surface area contributed by atoms with E-state index in [9.17, 15) is 0 Å². The summed E-state index contributed by atoms with van der Waals surface area (Å²) in [4.78, 5) is 14.1. The molecule has 2 aliphatic carbocycles.